The van der Waals surface area contributed by atoms with E-state index in [0.29, 0.717) is 18.2 Å². The molecule has 0 bridgehead atoms. The van der Waals surface area contributed by atoms with Gasteiger partial charge in [-0.25, -0.2) is 0 Å². The monoisotopic (exact) mass is 251 g/mol. The molecule has 2 aliphatic heterocycles. The minimum atomic E-state index is 0.0665. The van der Waals surface area contributed by atoms with Crippen LogP contribution in [0.4, 0.5) is 0 Å². The van der Waals surface area contributed by atoms with Gasteiger partial charge in [-0.2, -0.15) is 0 Å². The zero-order valence-corrected chi connectivity index (χ0v) is 11.5. The van der Waals surface area contributed by atoms with E-state index in [1.807, 2.05) is 6.92 Å². The standard InChI is InChI=1S/C15H25NO2/c1-2-18-14(17)12-11-15(8-4-3-5-9-15)16-10-6-7-13(12)16/h12-13H,2-11H2,1H3/t12-,13-/m0/s1. The first-order valence-corrected chi connectivity index (χ1v) is 7.70. The Bertz CT molecular complexity index is 322. The molecule has 0 N–H and O–H groups in total. The van der Waals surface area contributed by atoms with E-state index in [2.05, 4.69) is 4.90 Å². The second kappa shape index (κ2) is 4.84. The summed E-state index contributed by atoms with van der Waals surface area (Å²) in [6.45, 7) is 3.64. The third kappa shape index (κ3) is 1.87. The molecule has 0 unspecified atom stereocenters. The Hall–Kier alpha value is -0.570. The molecule has 0 aromatic carbocycles. The van der Waals surface area contributed by atoms with E-state index in [-0.39, 0.29) is 11.9 Å². The summed E-state index contributed by atoms with van der Waals surface area (Å²) in [4.78, 5) is 14.9. The van der Waals surface area contributed by atoms with E-state index < -0.39 is 0 Å². The molecule has 1 aliphatic carbocycles. The summed E-state index contributed by atoms with van der Waals surface area (Å²) in [7, 11) is 0. The van der Waals surface area contributed by atoms with Gasteiger partial charge in [-0.05, 0) is 45.6 Å². The van der Waals surface area contributed by atoms with E-state index in [4.69, 9.17) is 4.74 Å². The Kier molecular flexibility index (Phi) is 3.35. The minimum absolute atomic E-state index is 0.0665. The maximum atomic E-state index is 12.2. The van der Waals surface area contributed by atoms with Crippen LogP contribution in [0.5, 0.6) is 0 Å². The molecule has 2 saturated heterocycles. The Balaban J connectivity index is 1.80. The van der Waals surface area contributed by atoms with Gasteiger partial charge >= 0.3 is 5.97 Å². The molecule has 102 valence electrons. The number of ether oxygens (including phenoxy) is 1. The second-order valence-corrected chi connectivity index (χ2v) is 6.25. The predicted octanol–water partition coefficient (Wildman–Crippen LogP) is 2.74. The average Bonchev–Trinajstić information content (AvgIpc) is 2.95. The zero-order valence-electron chi connectivity index (χ0n) is 11.5. The Morgan fingerprint density at radius 2 is 2.06 bits per heavy atom. The normalized spacial score (nSPS) is 34.7. The van der Waals surface area contributed by atoms with Gasteiger partial charge in [0, 0.05) is 11.6 Å². The highest BCUT2D eigenvalue weighted by atomic mass is 16.5. The van der Waals surface area contributed by atoms with Crippen molar-refractivity contribution in [2.75, 3.05) is 13.2 Å². The first-order valence-electron chi connectivity index (χ1n) is 7.70. The van der Waals surface area contributed by atoms with Crippen LogP contribution in [-0.2, 0) is 9.53 Å². The summed E-state index contributed by atoms with van der Waals surface area (Å²) >= 11 is 0. The van der Waals surface area contributed by atoms with Gasteiger partial charge in [-0.1, -0.05) is 19.3 Å². The number of esters is 1. The van der Waals surface area contributed by atoms with Crippen molar-refractivity contribution in [3.63, 3.8) is 0 Å². The lowest BCUT2D eigenvalue weighted by atomic mass is 9.78. The second-order valence-electron chi connectivity index (χ2n) is 6.25. The van der Waals surface area contributed by atoms with Crippen molar-refractivity contribution >= 4 is 5.97 Å². The largest absolute Gasteiger partial charge is 0.466 e. The van der Waals surface area contributed by atoms with Crippen molar-refractivity contribution in [3.05, 3.63) is 0 Å². The molecule has 0 amide bonds. The molecule has 0 aromatic heterocycles. The Labute approximate surface area is 110 Å². The van der Waals surface area contributed by atoms with E-state index in [1.54, 1.807) is 0 Å². The molecule has 18 heavy (non-hydrogen) atoms. The van der Waals surface area contributed by atoms with Gasteiger partial charge in [0.1, 0.15) is 0 Å². The summed E-state index contributed by atoms with van der Waals surface area (Å²) < 4.78 is 5.30. The van der Waals surface area contributed by atoms with Crippen LogP contribution in [-0.4, -0.2) is 35.6 Å². The topological polar surface area (TPSA) is 29.5 Å². The smallest absolute Gasteiger partial charge is 0.310 e. The van der Waals surface area contributed by atoms with Crippen molar-refractivity contribution in [2.24, 2.45) is 5.92 Å². The molecule has 3 heteroatoms. The molecule has 3 aliphatic rings. The van der Waals surface area contributed by atoms with Crippen LogP contribution in [0.3, 0.4) is 0 Å². The Morgan fingerprint density at radius 1 is 1.28 bits per heavy atom. The van der Waals surface area contributed by atoms with Crippen molar-refractivity contribution in [3.8, 4) is 0 Å². The fourth-order valence-electron chi connectivity index (χ4n) is 4.65. The molecule has 3 fully saturated rings. The lowest BCUT2D eigenvalue weighted by Crippen LogP contribution is -2.46. The molecule has 2 atom stereocenters. The molecular weight excluding hydrogens is 226 g/mol. The molecule has 2 heterocycles. The third-order valence-electron chi connectivity index (χ3n) is 5.35. The van der Waals surface area contributed by atoms with Crippen molar-refractivity contribution in [1.29, 1.82) is 0 Å². The van der Waals surface area contributed by atoms with Crippen LogP contribution >= 0.6 is 0 Å². The van der Waals surface area contributed by atoms with Crippen LogP contribution < -0.4 is 0 Å². The number of fused-ring (bicyclic) bond motifs is 2. The highest BCUT2D eigenvalue weighted by Gasteiger charge is 2.55. The number of carbonyl (C=O) groups is 1. The molecule has 1 spiro atoms. The molecule has 0 radical (unpaired) electrons. The van der Waals surface area contributed by atoms with Crippen LogP contribution in [0.15, 0.2) is 0 Å². The molecule has 0 aromatic rings. The minimum Gasteiger partial charge on any atom is -0.466 e. The zero-order chi connectivity index (χ0) is 12.6. The highest BCUT2D eigenvalue weighted by molar-refractivity contribution is 5.74. The number of carbonyl (C=O) groups excluding carboxylic acids is 1. The van der Waals surface area contributed by atoms with Crippen LogP contribution in [0.25, 0.3) is 0 Å². The SMILES string of the molecule is CCOC(=O)[C@H]1CC2(CCCCC2)N2CCC[C@@H]12. The first kappa shape index (κ1) is 12.5. The number of hydrogen-bond donors (Lipinski definition) is 0. The van der Waals surface area contributed by atoms with Crippen molar-refractivity contribution < 1.29 is 9.53 Å². The van der Waals surface area contributed by atoms with Crippen LogP contribution in [0.1, 0.15) is 58.3 Å². The van der Waals surface area contributed by atoms with Gasteiger partial charge in [-0.3, -0.25) is 9.69 Å². The fourth-order valence-corrected chi connectivity index (χ4v) is 4.65. The lowest BCUT2D eigenvalue weighted by molar-refractivity contribution is -0.148. The summed E-state index contributed by atoms with van der Waals surface area (Å²) in [5.41, 5.74) is 0.358. The van der Waals surface area contributed by atoms with Gasteiger partial charge in [0.25, 0.3) is 0 Å². The summed E-state index contributed by atoms with van der Waals surface area (Å²) in [6, 6.07) is 0.488. The van der Waals surface area contributed by atoms with Crippen molar-refractivity contribution in [2.45, 2.75) is 69.9 Å². The highest BCUT2D eigenvalue weighted by Crippen LogP contribution is 2.50. The molecule has 3 rings (SSSR count). The van der Waals surface area contributed by atoms with Crippen LogP contribution in [0.2, 0.25) is 0 Å². The number of rotatable bonds is 2. The van der Waals surface area contributed by atoms with Crippen LogP contribution in [0, 0.1) is 5.92 Å². The molecule has 1 saturated carbocycles. The van der Waals surface area contributed by atoms with E-state index in [9.17, 15) is 4.79 Å². The van der Waals surface area contributed by atoms with E-state index >= 15 is 0 Å². The van der Waals surface area contributed by atoms with Gasteiger partial charge in [0.2, 0.25) is 0 Å². The predicted molar refractivity (Wildman–Crippen MR) is 70.3 cm³/mol. The molecule has 3 nitrogen and oxygen atoms in total. The van der Waals surface area contributed by atoms with Gasteiger partial charge in [0.15, 0.2) is 0 Å². The van der Waals surface area contributed by atoms with Crippen molar-refractivity contribution in [1.82, 2.24) is 4.90 Å². The fraction of sp³-hybridized carbons (Fsp3) is 0.933. The quantitative estimate of drug-likeness (QED) is 0.707. The lowest BCUT2D eigenvalue weighted by Gasteiger charge is -2.41. The maximum Gasteiger partial charge on any atom is 0.310 e. The summed E-state index contributed by atoms with van der Waals surface area (Å²) in [5, 5.41) is 0. The summed E-state index contributed by atoms with van der Waals surface area (Å²) in [6.07, 6.45) is 10.2. The van der Waals surface area contributed by atoms with Gasteiger partial charge in [0.05, 0.1) is 12.5 Å². The van der Waals surface area contributed by atoms with E-state index in [0.717, 1.165) is 6.42 Å². The number of nitrogens with zero attached hydrogens (tertiary/aromatic N) is 1. The van der Waals surface area contributed by atoms with Gasteiger partial charge < -0.3 is 4.74 Å². The number of hydrogen-bond acceptors (Lipinski definition) is 3. The molecular formula is C15H25NO2. The van der Waals surface area contributed by atoms with E-state index in [1.165, 1.54) is 51.5 Å². The van der Waals surface area contributed by atoms with Gasteiger partial charge in [-0.15, -0.1) is 0 Å². The third-order valence-corrected chi connectivity index (χ3v) is 5.35. The average molecular weight is 251 g/mol. The first-order chi connectivity index (χ1) is 8.77. The Morgan fingerprint density at radius 3 is 2.78 bits per heavy atom. The summed E-state index contributed by atoms with van der Waals surface area (Å²) in [5.74, 6) is 0.224. The maximum absolute atomic E-state index is 12.2.